The number of nitrogens with zero attached hydrogens (tertiary/aromatic N) is 3. The number of nitriles is 1. The molecule has 0 radical (unpaired) electrons. The molecule has 1 unspecified atom stereocenters. The molecule has 7 heteroatoms. The van der Waals surface area contributed by atoms with Crippen molar-refractivity contribution in [2.45, 2.75) is 26.4 Å². The number of rotatable bonds is 6. The van der Waals surface area contributed by atoms with Crippen LogP contribution in [-0.4, -0.2) is 21.4 Å². The fourth-order valence-corrected chi connectivity index (χ4v) is 3.65. The molecular weight excluding hydrogens is 414 g/mol. The molecule has 4 aromatic rings. The Hall–Kier alpha value is -4.44. The maximum Gasteiger partial charge on any atom is 0.251 e. The summed E-state index contributed by atoms with van der Waals surface area (Å²) in [5.74, 6) is 0.114. The number of amides is 2. The van der Waals surface area contributed by atoms with E-state index in [4.69, 9.17) is 5.26 Å². The molecule has 3 aromatic carbocycles. The van der Waals surface area contributed by atoms with E-state index < -0.39 is 6.04 Å². The molecule has 0 aliphatic rings. The number of hydrogen-bond acceptors (Lipinski definition) is 4. The number of nitrogens with one attached hydrogen (secondary N) is 2. The first kappa shape index (κ1) is 21.8. The summed E-state index contributed by atoms with van der Waals surface area (Å²) in [5.41, 5.74) is 4.19. The fourth-order valence-electron chi connectivity index (χ4n) is 3.65. The van der Waals surface area contributed by atoms with Crippen molar-refractivity contribution in [3.8, 4) is 6.07 Å². The number of benzene rings is 3. The van der Waals surface area contributed by atoms with E-state index in [1.54, 1.807) is 41.0 Å². The van der Waals surface area contributed by atoms with Crippen molar-refractivity contribution in [3.63, 3.8) is 0 Å². The van der Waals surface area contributed by atoms with E-state index >= 15 is 0 Å². The smallest absolute Gasteiger partial charge is 0.251 e. The Morgan fingerprint density at radius 2 is 1.82 bits per heavy atom. The molecule has 0 saturated carbocycles. The number of anilines is 1. The first-order valence-corrected chi connectivity index (χ1v) is 10.6. The van der Waals surface area contributed by atoms with Crippen molar-refractivity contribution in [1.29, 1.82) is 5.26 Å². The van der Waals surface area contributed by atoms with Gasteiger partial charge in [0.1, 0.15) is 12.4 Å². The summed E-state index contributed by atoms with van der Waals surface area (Å²) in [4.78, 5) is 30.3. The van der Waals surface area contributed by atoms with Crippen molar-refractivity contribution in [3.05, 3.63) is 95.3 Å². The summed E-state index contributed by atoms with van der Waals surface area (Å²) in [6.07, 6.45) is 0. The van der Waals surface area contributed by atoms with Gasteiger partial charge in [0.05, 0.1) is 28.7 Å². The van der Waals surface area contributed by atoms with Crippen LogP contribution in [0.4, 0.5) is 5.69 Å². The van der Waals surface area contributed by atoms with E-state index in [1.165, 1.54) is 0 Å². The lowest BCUT2D eigenvalue weighted by molar-refractivity contribution is -0.116. The third kappa shape index (κ3) is 4.91. The Balaban J connectivity index is 1.58. The number of aryl methyl sites for hydroxylation is 1. The third-order valence-corrected chi connectivity index (χ3v) is 5.31. The van der Waals surface area contributed by atoms with Gasteiger partial charge in [-0.15, -0.1) is 0 Å². The van der Waals surface area contributed by atoms with Crippen molar-refractivity contribution in [1.82, 2.24) is 14.9 Å². The van der Waals surface area contributed by atoms with E-state index in [0.717, 1.165) is 16.6 Å². The number of carbonyl (C=O) groups is 2. The van der Waals surface area contributed by atoms with Crippen LogP contribution in [0.15, 0.2) is 72.8 Å². The minimum Gasteiger partial charge on any atom is -0.342 e. The molecule has 1 aromatic heterocycles. The molecule has 0 spiro atoms. The molecule has 0 fully saturated rings. The van der Waals surface area contributed by atoms with Crippen molar-refractivity contribution < 1.29 is 9.59 Å². The number of carbonyl (C=O) groups excluding carboxylic acids is 2. The van der Waals surface area contributed by atoms with Gasteiger partial charge >= 0.3 is 0 Å². The number of para-hydroxylation sites is 2. The van der Waals surface area contributed by atoms with Gasteiger partial charge in [0.2, 0.25) is 5.91 Å². The number of fused-ring (bicyclic) bond motifs is 1. The molecule has 1 atom stereocenters. The van der Waals surface area contributed by atoms with Gasteiger partial charge in [-0.2, -0.15) is 5.26 Å². The summed E-state index contributed by atoms with van der Waals surface area (Å²) in [5, 5.41) is 14.9. The average molecular weight is 438 g/mol. The molecule has 0 aliphatic carbocycles. The average Bonchev–Trinajstić information content (AvgIpc) is 3.18. The molecule has 0 aliphatic heterocycles. The molecular formula is C26H23N5O2. The predicted molar refractivity (Wildman–Crippen MR) is 127 cm³/mol. The largest absolute Gasteiger partial charge is 0.342 e. The maximum atomic E-state index is 12.8. The first-order chi connectivity index (χ1) is 15.9. The highest BCUT2D eigenvalue weighted by Gasteiger charge is 2.20. The summed E-state index contributed by atoms with van der Waals surface area (Å²) < 4.78 is 1.80. The number of hydrogen-bond donors (Lipinski definition) is 2. The Morgan fingerprint density at radius 3 is 2.58 bits per heavy atom. The van der Waals surface area contributed by atoms with E-state index in [0.29, 0.717) is 22.6 Å². The number of aromatic nitrogens is 2. The maximum absolute atomic E-state index is 12.8. The molecule has 164 valence electrons. The van der Waals surface area contributed by atoms with Crippen LogP contribution < -0.4 is 10.6 Å². The SMILES string of the molecule is Cc1ccc(C(=O)NC(C)c2nc3ccccc3n2CC(=O)Nc2cccc(C#N)c2)cc1. The third-order valence-electron chi connectivity index (χ3n) is 5.31. The van der Waals surface area contributed by atoms with Gasteiger partial charge in [-0.3, -0.25) is 9.59 Å². The van der Waals surface area contributed by atoms with Gasteiger partial charge in [-0.1, -0.05) is 35.9 Å². The lowest BCUT2D eigenvalue weighted by Gasteiger charge is -2.16. The van der Waals surface area contributed by atoms with Gasteiger partial charge < -0.3 is 15.2 Å². The second kappa shape index (κ2) is 9.37. The highest BCUT2D eigenvalue weighted by molar-refractivity contribution is 5.94. The normalized spacial score (nSPS) is 11.5. The number of imidazole rings is 1. The van der Waals surface area contributed by atoms with Crippen LogP contribution in [0.3, 0.4) is 0 Å². The van der Waals surface area contributed by atoms with Gasteiger partial charge in [0.25, 0.3) is 5.91 Å². The lowest BCUT2D eigenvalue weighted by atomic mass is 10.1. The van der Waals surface area contributed by atoms with Crippen molar-refractivity contribution in [2.75, 3.05) is 5.32 Å². The highest BCUT2D eigenvalue weighted by Crippen LogP contribution is 2.22. The zero-order valence-electron chi connectivity index (χ0n) is 18.4. The van der Waals surface area contributed by atoms with E-state index in [1.807, 2.05) is 50.2 Å². The van der Waals surface area contributed by atoms with E-state index in [2.05, 4.69) is 21.7 Å². The Morgan fingerprint density at radius 1 is 1.06 bits per heavy atom. The van der Waals surface area contributed by atoms with Gasteiger partial charge in [-0.05, 0) is 56.3 Å². The van der Waals surface area contributed by atoms with Crippen molar-refractivity contribution >= 4 is 28.5 Å². The molecule has 1 heterocycles. The molecule has 7 nitrogen and oxygen atoms in total. The summed E-state index contributed by atoms with van der Waals surface area (Å²) in [6, 6.07) is 23.2. The van der Waals surface area contributed by atoms with Crippen LogP contribution in [0.5, 0.6) is 0 Å². The minimum atomic E-state index is -0.430. The predicted octanol–water partition coefficient (Wildman–Crippen LogP) is 4.35. The molecule has 0 saturated heterocycles. The zero-order valence-corrected chi connectivity index (χ0v) is 18.4. The quantitative estimate of drug-likeness (QED) is 0.468. The van der Waals surface area contributed by atoms with Crippen LogP contribution in [-0.2, 0) is 11.3 Å². The summed E-state index contributed by atoms with van der Waals surface area (Å²) >= 11 is 0. The van der Waals surface area contributed by atoms with Gasteiger partial charge in [0.15, 0.2) is 0 Å². The van der Waals surface area contributed by atoms with E-state index in [-0.39, 0.29) is 18.4 Å². The van der Waals surface area contributed by atoms with Crippen LogP contribution in [0.1, 0.15) is 40.3 Å². The monoisotopic (exact) mass is 437 g/mol. The zero-order chi connectivity index (χ0) is 23.4. The van der Waals surface area contributed by atoms with E-state index in [9.17, 15) is 9.59 Å². The topological polar surface area (TPSA) is 99.8 Å². The molecule has 2 amide bonds. The van der Waals surface area contributed by atoms with Gasteiger partial charge in [-0.25, -0.2) is 4.98 Å². The van der Waals surface area contributed by atoms with Crippen molar-refractivity contribution in [2.24, 2.45) is 0 Å². The summed E-state index contributed by atoms with van der Waals surface area (Å²) in [6.45, 7) is 3.82. The Bertz CT molecular complexity index is 1370. The highest BCUT2D eigenvalue weighted by atomic mass is 16.2. The second-order valence-electron chi connectivity index (χ2n) is 7.85. The molecule has 33 heavy (non-hydrogen) atoms. The lowest BCUT2D eigenvalue weighted by Crippen LogP contribution is -2.30. The molecule has 4 rings (SSSR count). The van der Waals surface area contributed by atoms with Crippen LogP contribution in [0.25, 0.3) is 11.0 Å². The minimum absolute atomic E-state index is 0.0113. The summed E-state index contributed by atoms with van der Waals surface area (Å²) in [7, 11) is 0. The molecule has 0 bridgehead atoms. The van der Waals surface area contributed by atoms with Crippen LogP contribution in [0, 0.1) is 18.3 Å². The van der Waals surface area contributed by atoms with Gasteiger partial charge in [0, 0.05) is 11.3 Å². The van der Waals surface area contributed by atoms with Crippen LogP contribution >= 0.6 is 0 Å². The Labute approximate surface area is 191 Å². The Kier molecular flexibility index (Phi) is 6.18. The second-order valence-corrected chi connectivity index (χ2v) is 7.85. The van der Waals surface area contributed by atoms with Crippen LogP contribution in [0.2, 0.25) is 0 Å². The fraction of sp³-hybridized carbons (Fsp3) is 0.154. The first-order valence-electron chi connectivity index (χ1n) is 10.6. The molecule has 2 N–H and O–H groups in total. The standard InChI is InChI=1S/C26H23N5O2/c1-17-10-12-20(13-11-17)26(33)28-18(2)25-30-22-8-3-4-9-23(22)31(25)16-24(32)29-21-7-5-6-19(14-21)15-27/h3-14,18H,16H2,1-2H3,(H,28,33)(H,29,32).